The lowest BCUT2D eigenvalue weighted by Gasteiger charge is -2.16. The number of ether oxygens (including phenoxy) is 1. The fourth-order valence-electron chi connectivity index (χ4n) is 2.06. The zero-order valence-corrected chi connectivity index (χ0v) is 14.8. The van der Waals surface area contributed by atoms with E-state index in [4.69, 9.17) is 16.6 Å². The summed E-state index contributed by atoms with van der Waals surface area (Å²) in [6, 6.07) is 3.40. The maximum absolute atomic E-state index is 11.0. The van der Waals surface area contributed by atoms with Crippen LogP contribution in [0, 0.1) is 13.8 Å². The molecule has 134 valence electrons. The molecule has 1 aromatic rings. The van der Waals surface area contributed by atoms with E-state index in [1.54, 1.807) is 32.9 Å². The molecule has 0 fully saturated rings. The van der Waals surface area contributed by atoms with Crippen molar-refractivity contribution in [2.75, 3.05) is 0 Å². The van der Waals surface area contributed by atoms with Gasteiger partial charge in [0.15, 0.2) is 0 Å². The molecule has 1 rings (SSSR count). The first kappa shape index (κ1) is 21.4. The molecule has 24 heavy (non-hydrogen) atoms. The molecular weight excluding hydrogens is 312 g/mol. The van der Waals surface area contributed by atoms with Gasteiger partial charge in [0.05, 0.1) is 0 Å². The van der Waals surface area contributed by atoms with Gasteiger partial charge in [0, 0.05) is 12.0 Å². The van der Waals surface area contributed by atoms with Crippen LogP contribution in [0.3, 0.4) is 0 Å². The molecule has 0 aliphatic carbocycles. The highest BCUT2D eigenvalue weighted by Crippen LogP contribution is 2.18. The Morgan fingerprint density at radius 1 is 1.08 bits per heavy atom. The number of hydrogen-bond donors (Lipinski definition) is 3. The van der Waals surface area contributed by atoms with Crippen molar-refractivity contribution in [3.63, 3.8) is 0 Å². The summed E-state index contributed by atoms with van der Waals surface area (Å²) in [7, 11) is 0. The van der Waals surface area contributed by atoms with Crippen molar-refractivity contribution < 1.29 is 24.2 Å². The highest BCUT2D eigenvalue weighted by Gasteiger charge is 2.12. The van der Waals surface area contributed by atoms with E-state index in [1.807, 2.05) is 13.8 Å². The summed E-state index contributed by atoms with van der Waals surface area (Å²) in [4.78, 5) is 31.5. The van der Waals surface area contributed by atoms with Crippen molar-refractivity contribution >= 4 is 18.0 Å². The van der Waals surface area contributed by atoms with Crippen LogP contribution in [0.5, 0.6) is 0 Å². The smallest absolute Gasteiger partial charge is 0.405 e. The van der Waals surface area contributed by atoms with Gasteiger partial charge in [-0.3, -0.25) is 9.59 Å². The Bertz CT molecular complexity index is 595. The molecule has 0 saturated heterocycles. The molecular formula is C17H26N2O5. The van der Waals surface area contributed by atoms with E-state index < -0.39 is 23.6 Å². The van der Waals surface area contributed by atoms with Crippen LogP contribution in [0.2, 0.25) is 0 Å². The first-order valence-electron chi connectivity index (χ1n) is 7.43. The molecule has 0 aliphatic rings. The lowest BCUT2D eigenvalue weighted by atomic mass is 9.95. The van der Waals surface area contributed by atoms with Gasteiger partial charge >= 0.3 is 12.1 Å². The molecule has 1 aromatic carbocycles. The number of carbonyl (C=O) groups excluding carboxylic acids is 2. The van der Waals surface area contributed by atoms with E-state index in [1.165, 1.54) is 0 Å². The summed E-state index contributed by atoms with van der Waals surface area (Å²) in [5.41, 5.74) is 12.7. The number of aryl methyl sites for hydroxylation is 2. The van der Waals surface area contributed by atoms with Gasteiger partial charge in [0.2, 0.25) is 5.91 Å². The number of hydrogen-bond acceptors (Lipinski definition) is 4. The molecule has 0 heterocycles. The van der Waals surface area contributed by atoms with Crippen LogP contribution in [-0.4, -0.2) is 28.7 Å². The van der Waals surface area contributed by atoms with Crippen molar-refractivity contribution in [2.45, 2.75) is 53.1 Å². The van der Waals surface area contributed by atoms with Gasteiger partial charge in [0.1, 0.15) is 5.60 Å². The van der Waals surface area contributed by atoms with Crippen molar-refractivity contribution in [2.24, 2.45) is 11.5 Å². The van der Waals surface area contributed by atoms with E-state index in [9.17, 15) is 14.4 Å². The summed E-state index contributed by atoms with van der Waals surface area (Å²) in [6.07, 6.45) is -0.151. The number of benzene rings is 1. The standard InChI is InChI=1S/C12H15NO3.C5H11NO2/c1-7-5-9(12(13)16)6-8(2)10(7)3-4-11(14)15;1-5(2,3)8-4(6)7/h5-6H,3-4H2,1-2H3,(H2,13,16)(H,14,15);1-3H3,(H2,6,7). The number of carboxylic acid groups (broad SMARTS) is 1. The molecule has 0 bridgehead atoms. The zero-order chi connectivity index (χ0) is 19.1. The number of primary amides is 2. The van der Waals surface area contributed by atoms with Crippen molar-refractivity contribution in [3.05, 3.63) is 34.4 Å². The first-order chi connectivity index (χ1) is 10.8. The number of amides is 2. The summed E-state index contributed by atoms with van der Waals surface area (Å²) >= 11 is 0. The van der Waals surface area contributed by atoms with Crippen LogP contribution in [0.15, 0.2) is 12.1 Å². The lowest BCUT2D eigenvalue weighted by molar-refractivity contribution is -0.136. The maximum atomic E-state index is 11.0. The monoisotopic (exact) mass is 338 g/mol. The van der Waals surface area contributed by atoms with Gasteiger partial charge in [-0.05, 0) is 69.9 Å². The fourth-order valence-corrected chi connectivity index (χ4v) is 2.06. The Balaban J connectivity index is 0.000000561. The van der Waals surface area contributed by atoms with E-state index in [0.717, 1.165) is 16.7 Å². The minimum Gasteiger partial charge on any atom is -0.481 e. The first-order valence-corrected chi connectivity index (χ1v) is 7.43. The minimum absolute atomic E-state index is 0.0948. The van der Waals surface area contributed by atoms with Crippen molar-refractivity contribution in [1.29, 1.82) is 0 Å². The molecule has 7 nitrogen and oxygen atoms in total. The normalized spacial score (nSPS) is 10.4. The van der Waals surface area contributed by atoms with Gasteiger partial charge in [-0.15, -0.1) is 0 Å². The quantitative estimate of drug-likeness (QED) is 0.774. The Hall–Kier alpha value is -2.57. The Morgan fingerprint density at radius 3 is 1.79 bits per heavy atom. The van der Waals surface area contributed by atoms with Crippen LogP contribution in [0.4, 0.5) is 4.79 Å². The summed E-state index contributed by atoms with van der Waals surface area (Å²) in [5, 5.41) is 8.63. The van der Waals surface area contributed by atoms with E-state index >= 15 is 0 Å². The maximum Gasteiger partial charge on any atom is 0.405 e. The van der Waals surface area contributed by atoms with Gasteiger partial charge < -0.3 is 21.3 Å². The van der Waals surface area contributed by atoms with Crippen molar-refractivity contribution in [3.8, 4) is 0 Å². The third-order valence-corrected chi connectivity index (χ3v) is 2.98. The molecule has 0 saturated carbocycles. The number of carboxylic acids is 1. The van der Waals surface area contributed by atoms with Gasteiger partial charge in [-0.25, -0.2) is 4.79 Å². The second kappa shape index (κ2) is 8.90. The fraction of sp³-hybridized carbons (Fsp3) is 0.471. The van der Waals surface area contributed by atoms with Gasteiger partial charge in [-0.1, -0.05) is 0 Å². The molecule has 5 N–H and O–H groups in total. The molecule has 0 aliphatic heterocycles. The Kier molecular flexibility index (Phi) is 7.95. The predicted molar refractivity (Wildman–Crippen MR) is 90.8 cm³/mol. The second-order valence-corrected chi connectivity index (χ2v) is 6.38. The van der Waals surface area contributed by atoms with E-state index in [2.05, 4.69) is 4.74 Å². The lowest BCUT2D eigenvalue weighted by Crippen LogP contribution is -2.27. The number of carbonyl (C=O) groups is 3. The topological polar surface area (TPSA) is 133 Å². The highest BCUT2D eigenvalue weighted by atomic mass is 16.6. The third-order valence-electron chi connectivity index (χ3n) is 2.98. The molecule has 7 heteroatoms. The SMILES string of the molecule is CC(C)(C)OC(N)=O.Cc1cc(C(N)=O)cc(C)c1CCC(=O)O. The van der Waals surface area contributed by atoms with Gasteiger partial charge in [-0.2, -0.15) is 0 Å². The molecule has 0 spiro atoms. The van der Waals surface area contributed by atoms with Crippen LogP contribution in [0.1, 0.15) is 54.2 Å². The summed E-state index contributed by atoms with van der Waals surface area (Å²) in [6.45, 7) is 9.00. The number of nitrogens with two attached hydrogens (primary N) is 2. The zero-order valence-electron chi connectivity index (χ0n) is 14.8. The van der Waals surface area contributed by atoms with E-state index in [-0.39, 0.29) is 6.42 Å². The molecule has 0 unspecified atom stereocenters. The van der Waals surface area contributed by atoms with Crippen LogP contribution in [-0.2, 0) is 16.0 Å². The predicted octanol–water partition coefficient (Wildman–Crippen LogP) is 2.30. The average Bonchev–Trinajstić information content (AvgIpc) is 2.34. The Morgan fingerprint density at radius 2 is 1.54 bits per heavy atom. The van der Waals surface area contributed by atoms with Crippen LogP contribution in [0.25, 0.3) is 0 Å². The molecule has 0 aromatic heterocycles. The van der Waals surface area contributed by atoms with E-state index in [0.29, 0.717) is 12.0 Å². The van der Waals surface area contributed by atoms with Crippen LogP contribution >= 0.6 is 0 Å². The number of aliphatic carboxylic acids is 1. The molecule has 0 radical (unpaired) electrons. The highest BCUT2D eigenvalue weighted by molar-refractivity contribution is 5.93. The summed E-state index contributed by atoms with van der Waals surface area (Å²) < 4.78 is 4.58. The Labute approximate surface area is 142 Å². The summed E-state index contributed by atoms with van der Waals surface area (Å²) in [5.74, 6) is -1.28. The second-order valence-electron chi connectivity index (χ2n) is 6.38. The average molecular weight is 338 g/mol. The minimum atomic E-state index is -0.822. The molecule has 2 amide bonds. The third kappa shape index (κ3) is 8.77. The van der Waals surface area contributed by atoms with Crippen LogP contribution < -0.4 is 11.5 Å². The molecule has 0 atom stereocenters. The largest absolute Gasteiger partial charge is 0.481 e. The van der Waals surface area contributed by atoms with Crippen molar-refractivity contribution in [1.82, 2.24) is 0 Å². The number of rotatable bonds is 4. The van der Waals surface area contributed by atoms with Gasteiger partial charge in [0.25, 0.3) is 0 Å².